The fourth-order valence-corrected chi connectivity index (χ4v) is 3.04. The van der Waals surface area contributed by atoms with Crippen LogP contribution >= 0.6 is 0 Å². The van der Waals surface area contributed by atoms with Gasteiger partial charge < -0.3 is 9.13 Å². The van der Waals surface area contributed by atoms with E-state index < -0.39 is 0 Å². The molecule has 3 rings (SSSR count). The summed E-state index contributed by atoms with van der Waals surface area (Å²) in [6.07, 6.45) is 14.9. The van der Waals surface area contributed by atoms with Crippen LogP contribution in [-0.2, 0) is 20.1 Å². The number of aryl methyl sites for hydroxylation is 2. The molecule has 1 fully saturated rings. The zero-order valence-electron chi connectivity index (χ0n) is 12.1. The van der Waals surface area contributed by atoms with Crippen LogP contribution in [0, 0.1) is 0 Å². The Labute approximate surface area is 120 Å². The van der Waals surface area contributed by atoms with Gasteiger partial charge in [0.25, 0.3) is 0 Å². The van der Waals surface area contributed by atoms with Gasteiger partial charge in [-0.25, -0.2) is 9.97 Å². The van der Waals surface area contributed by atoms with Crippen molar-refractivity contribution in [3.63, 3.8) is 0 Å². The number of hydrogen-bond acceptors (Lipinski definition) is 3. The molecule has 0 spiro atoms. The molecule has 5 nitrogen and oxygen atoms in total. The van der Waals surface area contributed by atoms with Crippen molar-refractivity contribution in [2.45, 2.75) is 44.8 Å². The summed E-state index contributed by atoms with van der Waals surface area (Å²) in [6, 6.07) is 0.669. The van der Waals surface area contributed by atoms with Gasteiger partial charge in [-0.2, -0.15) is 0 Å². The summed E-state index contributed by atoms with van der Waals surface area (Å²) in [4.78, 5) is 11.2. The molecule has 0 amide bonds. The van der Waals surface area contributed by atoms with E-state index in [1.54, 1.807) is 0 Å². The van der Waals surface area contributed by atoms with Crippen LogP contribution in [0.1, 0.15) is 31.5 Å². The van der Waals surface area contributed by atoms with Crippen LogP contribution in [-0.4, -0.2) is 36.6 Å². The molecule has 0 unspecified atom stereocenters. The molecule has 108 valence electrons. The van der Waals surface area contributed by atoms with E-state index in [1.807, 2.05) is 31.1 Å². The van der Waals surface area contributed by atoms with Gasteiger partial charge in [-0.1, -0.05) is 6.42 Å². The van der Waals surface area contributed by atoms with Gasteiger partial charge in [0.2, 0.25) is 0 Å². The molecule has 0 bridgehead atoms. The first-order valence-corrected chi connectivity index (χ1v) is 7.49. The van der Waals surface area contributed by atoms with Crippen molar-refractivity contribution in [3.8, 4) is 0 Å². The average Bonchev–Trinajstić information content (AvgIpc) is 3.11. The molecular formula is C15H23N5. The second kappa shape index (κ2) is 6.22. The van der Waals surface area contributed by atoms with Crippen LogP contribution in [0.3, 0.4) is 0 Å². The molecule has 0 aliphatic carbocycles. The summed E-state index contributed by atoms with van der Waals surface area (Å²) >= 11 is 0. The highest BCUT2D eigenvalue weighted by atomic mass is 15.2. The van der Waals surface area contributed by atoms with Gasteiger partial charge in [0.05, 0.1) is 12.9 Å². The normalized spacial score (nSPS) is 20.4. The number of likely N-dealkylation sites (tertiary alicyclic amines) is 1. The SMILES string of the molecule is Cn1ccnc1CN1CCCC[C@H]1CCn1ccnc1. The van der Waals surface area contributed by atoms with E-state index >= 15 is 0 Å². The summed E-state index contributed by atoms with van der Waals surface area (Å²) in [5.74, 6) is 1.17. The Morgan fingerprint density at radius 2 is 2.20 bits per heavy atom. The Balaban J connectivity index is 1.60. The fraction of sp³-hybridized carbons (Fsp3) is 0.600. The Hall–Kier alpha value is -1.62. The van der Waals surface area contributed by atoms with Crippen molar-refractivity contribution in [3.05, 3.63) is 36.9 Å². The quantitative estimate of drug-likeness (QED) is 0.837. The topological polar surface area (TPSA) is 38.9 Å². The van der Waals surface area contributed by atoms with E-state index in [9.17, 15) is 0 Å². The lowest BCUT2D eigenvalue weighted by atomic mass is 9.99. The molecule has 1 aliphatic rings. The first kappa shape index (κ1) is 13.4. The number of imidazole rings is 2. The number of nitrogens with zero attached hydrogens (tertiary/aromatic N) is 5. The van der Waals surface area contributed by atoms with E-state index in [0.29, 0.717) is 6.04 Å². The second-order valence-corrected chi connectivity index (χ2v) is 5.66. The lowest BCUT2D eigenvalue weighted by molar-refractivity contribution is 0.124. The molecule has 20 heavy (non-hydrogen) atoms. The monoisotopic (exact) mass is 273 g/mol. The van der Waals surface area contributed by atoms with Crippen LogP contribution in [0.4, 0.5) is 0 Å². The van der Waals surface area contributed by atoms with Crippen molar-refractivity contribution in [1.29, 1.82) is 0 Å². The average molecular weight is 273 g/mol. The maximum atomic E-state index is 4.46. The summed E-state index contributed by atoms with van der Waals surface area (Å²) in [6.45, 7) is 3.22. The Morgan fingerprint density at radius 1 is 1.25 bits per heavy atom. The number of aromatic nitrogens is 4. The predicted molar refractivity (Wildman–Crippen MR) is 78.1 cm³/mol. The number of rotatable bonds is 5. The smallest absolute Gasteiger partial charge is 0.122 e. The van der Waals surface area contributed by atoms with Gasteiger partial charge in [0, 0.05) is 44.4 Å². The van der Waals surface area contributed by atoms with Crippen LogP contribution in [0.25, 0.3) is 0 Å². The summed E-state index contributed by atoms with van der Waals surface area (Å²) in [5, 5.41) is 0. The van der Waals surface area contributed by atoms with Gasteiger partial charge in [-0.3, -0.25) is 4.90 Å². The number of piperidine rings is 1. The molecule has 1 atom stereocenters. The van der Waals surface area contributed by atoms with Crippen molar-refractivity contribution < 1.29 is 0 Å². The maximum absolute atomic E-state index is 4.46. The molecule has 1 saturated heterocycles. The fourth-order valence-electron chi connectivity index (χ4n) is 3.04. The van der Waals surface area contributed by atoms with Crippen molar-refractivity contribution >= 4 is 0 Å². The third-order valence-corrected chi connectivity index (χ3v) is 4.29. The minimum absolute atomic E-state index is 0.669. The third kappa shape index (κ3) is 3.10. The first-order valence-electron chi connectivity index (χ1n) is 7.49. The second-order valence-electron chi connectivity index (χ2n) is 5.66. The first-order chi connectivity index (χ1) is 9.83. The highest BCUT2D eigenvalue weighted by molar-refractivity contribution is 4.93. The van der Waals surface area contributed by atoms with E-state index in [4.69, 9.17) is 0 Å². The lowest BCUT2D eigenvalue weighted by Crippen LogP contribution is -2.40. The summed E-state index contributed by atoms with van der Waals surface area (Å²) in [5.41, 5.74) is 0. The molecule has 5 heteroatoms. The van der Waals surface area contributed by atoms with E-state index in [-0.39, 0.29) is 0 Å². The Morgan fingerprint density at radius 3 is 2.95 bits per heavy atom. The van der Waals surface area contributed by atoms with Crippen molar-refractivity contribution in [1.82, 2.24) is 24.0 Å². The zero-order chi connectivity index (χ0) is 13.8. The van der Waals surface area contributed by atoms with Gasteiger partial charge in [0.15, 0.2) is 0 Å². The number of hydrogen-bond donors (Lipinski definition) is 0. The Kier molecular flexibility index (Phi) is 4.16. The molecule has 0 radical (unpaired) electrons. The van der Waals surface area contributed by atoms with Gasteiger partial charge in [0.1, 0.15) is 5.82 Å². The molecule has 0 saturated carbocycles. The zero-order valence-corrected chi connectivity index (χ0v) is 12.1. The third-order valence-electron chi connectivity index (χ3n) is 4.29. The molecule has 1 aliphatic heterocycles. The highest BCUT2D eigenvalue weighted by Gasteiger charge is 2.23. The molecule has 2 aromatic heterocycles. The largest absolute Gasteiger partial charge is 0.337 e. The standard InChI is InChI=1S/C15H23N5/c1-18-10-7-17-15(18)12-20-8-3-2-4-14(20)5-9-19-11-6-16-13-19/h6-7,10-11,13-14H,2-5,8-9,12H2,1H3/t14-/m0/s1. The van der Waals surface area contributed by atoms with E-state index in [0.717, 1.165) is 13.1 Å². The van der Waals surface area contributed by atoms with Crippen LogP contribution in [0.2, 0.25) is 0 Å². The molecular weight excluding hydrogens is 250 g/mol. The molecule has 0 aromatic carbocycles. The lowest BCUT2D eigenvalue weighted by Gasteiger charge is -2.35. The van der Waals surface area contributed by atoms with Crippen molar-refractivity contribution in [2.75, 3.05) is 6.54 Å². The Bertz CT molecular complexity index is 516. The molecule has 0 N–H and O–H groups in total. The summed E-state index contributed by atoms with van der Waals surface area (Å²) < 4.78 is 4.30. The predicted octanol–water partition coefficient (Wildman–Crippen LogP) is 2.06. The van der Waals surface area contributed by atoms with E-state index in [1.165, 1.54) is 38.1 Å². The minimum atomic E-state index is 0.669. The van der Waals surface area contributed by atoms with Crippen LogP contribution in [0.15, 0.2) is 31.1 Å². The van der Waals surface area contributed by atoms with Crippen molar-refractivity contribution in [2.24, 2.45) is 7.05 Å². The summed E-state index contributed by atoms with van der Waals surface area (Å²) in [7, 11) is 2.08. The van der Waals surface area contributed by atoms with E-state index in [2.05, 4.69) is 31.0 Å². The van der Waals surface area contributed by atoms with Gasteiger partial charge in [-0.15, -0.1) is 0 Å². The van der Waals surface area contributed by atoms with Gasteiger partial charge in [-0.05, 0) is 25.8 Å². The molecule has 3 heterocycles. The molecule has 2 aromatic rings. The minimum Gasteiger partial charge on any atom is -0.337 e. The highest BCUT2D eigenvalue weighted by Crippen LogP contribution is 2.22. The van der Waals surface area contributed by atoms with Crippen LogP contribution < -0.4 is 0 Å². The van der Waals surface area contributed by atoms with Gasteiger partial charge >= 0.3 is 0 Å². The van der Waals surface area contributed by atoms with Crippen LogP contribution in [0.5, 0.6) is 0 Å². The maximum Gasteiger partial charge on any atom is 0.122 e.